The van der Waals surface area contributed by atoms with E-state index in [1.807, 2.05) is 51.1 Å². The van der Waals surface area contributed by atoms with E-state index in [1.165, 1.54) is 0 Å². The summed E-state index contributed by atoms with van der Waals surface area (Å²) in [6.07, 6.45) is 0.229. The molecule has 2 aromatic carbocycles. The van der Waals surface area contributed by atoms with Crippen molar-refractivity contribution in [2.45, 2.75) is 38.8 Å². The van der Waals surface area contributed by atoms with Gasteiger partial charge in [-0.3, -0.25) is 4.79 Å². The molecule has 5 nitrogen and oxygen atoms in total. The molecule has 0 aliphatic rings. The lowest BCUT2D eigenvalue weighted by Gasteiger charge is -2.21. The van der Waals surface area contributed by atoms with Crippen LogP contribution >= 0.6 is 0 Å². The number of ether oxygens (including phenoxy) is 1. The normalized spacial score (nSPS) is 12.3. The molecule has 25 heavy (non-hydrogen) atoms. The molecule has 0 radical (unpaired) electrons. The predicted molar refractivity (Wildman–Crippen MR) is 95.9 cm³/mol. The average molecular weight is 341 g/mol. The highest BCUT2D eigenvalue weighted by molar-refractivity contribution is 5.96. The van der Waals surface area contributed by atoms with Crippen LogP contribution < -0.4 is 10.1 Å². The Labute approximate surface area is 147 Å². The molecule has 2 rings (SSSR count). The monoisotopic (exact) mass is 341 g/mol. The molecule has 1 amide bonds. The molecule has 2 aromatic rings. The fraction of sp³-hybridized carbons (Fsp3) is 0.300. The summed E-state index contributed by atoms with van der Waals surface area (Å²) < 4.78 is 5.71. The summed E-state index contributed by atoms with van der Waals surface area (Å²) in [6.45, 7) is 5.82. The summed E-state index contributed by atoms with van der Waals surface area (Å²) in [5.41, 5.74) is 0.915. The lowest BCUT2D eigenvalue weighted by atomic mass is 10.1. The van der Waals surface area contributed by atoms with Gasteiger partial charge in [-0.2, -0.15) is 0 Å². The number of hydrogen-bond acceptors (Lipinski definition) is 3. The van der Waals surface area contributed by atoms with Crippen LogP contribution in [0.3, 0.4) is 0 Å². The van der Waals surface area contributed by atoms with E-state index in [-0.39, 0.29) is 12.0 Å². The number of carbonyl (C=O) groups excluding carboxylic acids is 1. The fourth-order valence-corrected chi connectivity index (χ4v) is 2.32. The van der Waals surface area contributed by atoms with E-state index in [2.05, 4.69) is 5.32 Å². The van der Waals surface area contributed by atoms with Gasteiger partial charge in [0.05, 0.1) is 0 Å². The van der Waals surface area contributed by atoms with Gasteiger partial charge in [0.1, 0.15) is 17.4 Å². The molecule has 0 bridgehead atoms. The zero-order valence-corrected chi connectivity index (χ0v) is 14.7. The second kappa shape index (κ2) is 7.83. The van der Waals surface area contributed by atoms with E-state index in [4.69, 9.17) is 4.74 Å². The Kier molecular flexibility index (Phi) is 5.80. The lowest BCUT2D eigenvalue weighted by Crippen LogP contribution is -2.42. The van der Waals surface area contributed by atoms with Gasteiger partial charge in [-0.1, -0.05) is 30.3 Å². The van der Waals surface area contributed by atoms with Crippen LogP contribution in [0, 0.1) is 0 Å². The minimum absolute atomic E-state index is 0.229. The number of nitrogens with one attached hydrogen (secondary N) is 1. The highest BCUT2D eigenvalue weighted by atomic mass is 16.5. The third kappa shape index (κ3) is 5.95. The Hall–Kier alpha value is -2.82. The maximum absolute atomic E-state index is 12.3. The van der Waals surface area contributed by atoms with Crippen LogP contribution in [0.25, 0.3) is 0 Å². The second-order valence-corrected chi connectivity index (χ2v) is 6.79. The molecule has 5 heteroatoms. The fourth-order valence-electron chi connectivity index (χ4n) is 2.32. The van der Waals surface area contributed by atoms with Gasteiger partial charge in [0.2, 0.25) is 0 Å². The van der Waals surface area contributed by atoms with Crippen molar-refractivity contribution < 1.29 is 19.4 Å². The van der Waals surface area contributed by atoms with Crippen LogP contribution in [-0.2, 0) is 11.2 Å². The Balaban J connectivity index is 2.04. The molecule has 0 aliphatic heterocycles. The number of benzene rings is 2. The van der Waals surface area contributed by atoms with E-state index >= 15 is 0 Å². The molecule has 1 unspecified atom stereocenters. The van der Waals surface area contributed by atoms with E-state index in [9.17, 15) is 14.7 Å². The maximum atomic E-state index is 12.3. The molecule has 0 saturated carbocycles. The number of aliphatic carboxylic acids is 1. The van der Waals surface area contributed by atoms with Gasteiger partial charge in [-0.15, -0.1) is 0 Å². The minimum Gasteiger partial charge on any atom is -0.488 e. The van der Waals surface area contributed by atoms with Crippen LogP contribution in [0.1, 0.15) is 36.7 Å². The first kappa shape index (κ1) is 18.5. The van der Waals surface area contributed by atoms with Crippen LogP contribution in [0.4, 0.5) is 0 Å². The smallest absolute Gasteiger partial charge is 0.326 e. The van der Waals surface area contributed by atoms with Crippen LogP contribution in [-0.4, -0.2) is 28.6 Å². The van der Waals surface area contributed by atoms with Gasteiger partial charge in [0.25, 0.3) is 5.91 Å². The first-order valence-electron chi connectivity index (χ1n) is 8.11. The molecule has 0 aliphatic carbocycles. The van der Waals surface area contributed by atoms with Gasteiger partial charge in [-0.25, -0.2) is 4.79 Å². The summed E-state index contributed by atoms with van der Waals surface area (Å²) in [6, 6.07) is 14.9. The van der Waals surface area contributed by atoms with Gasteiger partial charge in [-0.05, 0) is 50.6 Å². The standard InChI is InChI=1S/C20H23NO4/c1-20(2,3)25-16-11-9-15(10-12-16)18(22)21-17(19(23)24)13-14-7-5-4-6-8-14/h4-12,17H,13H2,1-3H3,(H,21,22)(H,23,24). The molecular formula is C20H23NO4. The van der Waals surface area contributed by atoms with Crippen molar-refractivity contribution in [3.05, 3.63) is 65.7 Å². The molecule has 132 valence electrons. The van der Waals surface area contributed by atoms with Crippen molar-refractivity contribution in [2.24, 2.45) is 0 Å². The highest BCUT2D eigenvalue weighted by Crippen LogP contribution is 2.18. The van der Waals surface area contributed by atoms with Gasteiger partial charge in [0.15, 0.2) is 0 Å². The third-order valence-corrected chi connectivity index (χ3v) is 3.43. The van der Waals surface area contributed by atoms with Crippen molar-refractivity contribution in [2.75, 3.05) is 0 Å². The van der Waals surface area contributed by atoms with Crippen LogP contribution in [0.2, 0.25) is 0 Å². The molecule has 2 N–H and O–H groups in total. The Morgan fingerprint density at radius 1 is 1.04 bits per heavy atom. The second-order valence-electron chi connectivity index (χ2n) is 6.79. The number of carboxylic acid groups (broad SMARTS) is 1. The summed E-state index contributed by atoms with van der Waals surface area (Å²) in [4.78, 5) is 23.8. The third-order valence-electron chi connectivity index (χ3n) is 3.43. The van der Waals surface area contributed by atoms with Gasteiger partial charge >= 0.3 is 5.97 Å². The number of carbonyl (C=O) groups is 2. The number of carboxylic acids is 1. The molecule has 0 saturated heterocycles. The summed E-state index contributed by atoms with van der Waals surface area (Å²) >= 11 is 0. The zero-order chi connectivity index (χ0) is 18.4. The number of rotatable bonds is 6. The van der Waals surface area contributed by atoms with Crippen molar-refractivity contribution in [3.63, 3.8) is 0 Å². The predicted octanol–water partition coefficient (Wildman–Crippen LogP) is 3.29. The SMILES string of the molecule is CC(C)(C)Oc1ccc(C(=O)NC(Cc2ccccc2)C(=O)O)cc1. The lowest BCUT2D eigenvalue weighted by molar-refractivity contribution is -0.139. The first-order chi connectivity index (χ1) is 11.7. The van der Waals surface area contributed by atoms with E-state index < -0.39 is 17.9 Å². The maximum Gasteiger partial charge on any atom is 0.326 e. The Morgan fingerprint density at radius 2 is 1.64 bits per heavy atom. The quantitative estimate of drug-likeness (QED) is 0.845. The highest BCUT2D eigenvalue weighted by Gasteiger charge is 2.21. The van der Waals surface area contributed by atoms with Crippen molar-refractivity contribution >= 4 is 11.9 Å². The van der Waals surface area contributed by atoms with E-state index in [1.54, 1.807) is 24.3 Å². The molecule has 0 fully saturated rings. The van der Waals surface area contributed by atoms with Crippen molar-refractivity contribution in [3.8, 4) is 5.75 Å². The topological polar surface area (TPSA) is 75.6 Å². The minimum atomic E-state index is -1.06. The van der Waals surface area contributed by atoms with Crippen molar-refractivity contribution in [1.29, 1.82) is 0 Å². The Morgan fingerprint density at radius 3 is 2.16 bits per heavy atom. The van der Waals surface area contributed by atoms with Crippen molar-refractivity contribution in [1.82, 2.24) is 5.32 Å². The molecule has 0 spiro atoms. The average Bonchev–Trinajstić information content (AvgIpc) is 2.54. The molecule has 1 atom stereocenters. The summed E-state index contributed by atoms with van der Waals surface area (Å²) in [5.74, 6) is -0.835. The van der Waals surface area contributed by atoms with Crippen LogP contribution in [0.5, 0.6) is 5.75 Å². The molecule has 0 aromatic heterocycles. The number of amides is 1. The van der Waals surface area contributed by atoms with Crippen LogP contribution in [0.15, 0.2) is 54.6 Å². The molecule has 0 heterocycles. The largest absolute Gasteiger partial charge is 0.488 e. The number of hydrogen-bond donors (Lipinski definition) is 2. The summed E-state index contributed by atoms with van der Waals surface area (Å²) in [5, 5.41) is 11.9. The van der Waals surface area contributed by atoms with E-state index in [0.29, 0.717) is 11.3 Å². The summed E-state index contributed by atoms with van der Waals surface area (Å²) in [7, 11) is 0. The molecular weight excluding hydrogens is 318 g/mol. The van der Waals surface area contributed by atoms with E-state index in [0.717, 1.165) is 5.56 Å². The Bertz CT molecular complexity index is 718. The first-order valence-corrected chi connectivity index (χ1v) is 8.11. The van der Waals surface area contributed by atoms with Gasteiger partial charge < -0.3 is 15.2 Å². The zero-order valence-electron chi connectivity index (χ0n) is 14.7. The van der Waals surface area contributed by atoms with Gasteiger partial charge in [0, 0.05) is 12.0 Å².